The maximum absolute atomic E-state index is 2.56. The van der Waals surface area contributed by atoms with Gasteiger partial charge in [0.15, 0.2) is 0 Å². The molecule has 0 aliphatic heterocycles. The van der Waals surface area contributed by atoms with Gasteiger partial charge in [-0.1, -0.05) is 114 Å². The number of benzene rings is 4. The summed E-state index contributed by atoms with van der Waals surface area (Å²) in [6, 6.07) is 36.1. The van der Waals surface area contributed by atoms with Crippen LogP contribution in [0.2, 0.25) is 6.55 Å². The summed E-state index contributed by atoms with van der Waals surface area (Å²) in [5.41, 5.74) is 3.65. The Balaban J connectivity index is 1.77. The van der Waals surface area contributed by atoms with Crippen LogP contribution in [-0.2, 0) is 6.42 Å². The largest absolute Gasteiger partial charge is 0.122 e. The Labute approximate surface area is 156 Å². The van der Waals surface area contributed by atoms with Crippen molar-refractivity contribution < 1.29 is 0 Å². The van der Waals surface area contributed by atoms with Gasteiger partial charge in [-0.15, -0.1) is 0 Å². The lowest BCUT2D eigenvalue weighted by molar-refractivity contribution is 0.941. The molecule has 0 unspecified atom stereocenters. The van der Waals surface area contributed by atoms with Gasteiger partial charge in [-0.25, -0.2) is 0 Å². The molecule has 4 aromatic carbocycles. The Bertz CT molecular complexity index is 1020. The highest BCUT2D eigenvalue weighted by molar-refractivity contribution is 7.02. The summed E-state index contributed by atoms with van der Waals surface area (Å²) >= 11 is 0. The van der Waals surface area contributed by atoms with Gasteiger partial charge < -0.3 is 0 Å². The molecule has 0 spiro atoms. The van der Waals surface area contributed by atoms with Gasteiger partial charge >= 0.3 is 0 Å². The molecule has 4 aromatic rings. The van der Waals surface area contributed by atoms with Gasteiger partial charge in [0.25, 0.3) is 0 Å². The van der Waals surface area contributed by atoms with E-state index >= 15 is 0 Å². The third-order valence-corrected chi connectivity index (χ3v) is 11.2. The molecule has 0 saturated heterocycles. The Hall–Kier alpha value is -2.64. The average Bonchev–Trinajstić information content (AvgIpc) is 3.10. The summed E-state index contributed by atoms with van der Waals surface area (Å²) in [6.07, 6.45) is 1.16. The van der Waals surface area contributed by atoms with Crippen LogP contribution in [0.1, 0.15) is 16.7 Å². The maximum Gasteiger partial charge on any atom is 0.122 e. The van der Waals surface area contributed by atoms with Crippen LogP contribution in [0, 0.1) is 0 Å². The molecule has 1 atom stereocenters. The third kappa shape index (κ3) is 2.20. The first-order valence-corrected chi connectivity index (χ1v) is 12.0. The van der Waals surface area contributed by atoms with E-state index in [9.17, 15) is 0 Å². The number of hydrogen-bond acceptors (Lipinski definition) is 0. The minimum atomic E-state index is -1.94. The molecule has 0 aromatic heterocycles. The van der Waals surface area contributed by atoms with Crippen LogP contribution >= 0.6 is 0 Å². The first-order chi connectivity index (χ1) is 12.8. The van der Waals surface area contributed by atoms with Crippen LogP contribution in [0.25, 0.3) is 10.8 Å². The molecular formula is C25H22Si. The van der Waals surface area contributed by atoms with Crippen LogP contribution in [0.5, 0.6) is 0 Å². The Kier molecular flexibility index (Phi) is 3.58. The SMILES string of the molecule is C[Si](c1ccccc1)(c1ccccc1)[C@@H]1Cc2cccc3cccc1c23. The van der Waals surface area contributed by atoms with Crippen molar-refractivity contribution in [1.29, 1.82) is 0 Å². The Morgan fingerprint density at radius 2 is 1.23 bits per heavy atom. The standard InChI is InChI=1S/C25H22Si/c1-26(21-13-4-2-5-14-21,22-15-6-3-7-16-22)24-18-20-12-8-10-19-11-9-17-23(24)25(19)20/h2-17,24H,18H2,1H3/t24-/m1/s1. The van der Waals surface area contributed by atoms with E-state index in [1.165, 1.54) is 26.7 Å². The molecule has 5 rings (SSSR count). The van der Waals surface area contributed by atoms with E-state index in [1.807, 2.05) is 0 Å². The average molecular weight is 351 g/mol. The molecule has 0 nitrogen and oxygen atoms in total. The van der Waals surface area contributed by atoms with E-state index in [-0.39, 0.29) is 0 Å². The summed E-state index contributed by atoms with van der Waals surface area (Å²) in [7, 11) is -1.94. The molecule has 0 fully saturated rings. The second kappa shape index (κ2) is 5.96. The molecule has 26 heavy (non-hydrogen) atoms. The van der Waals surface area contributed by atoms with E-state index in [0.29, 0.717) is 5.54 Å². The van der Waals surface area contributed by atoms with Crippen molar-refractivity contribution in [3.8, 4) is 0 Å². The van der Waals surface area contributed by atoms with Gasteiger partial charge in [0.2, 0.25) is 0 Å². The van der Waals surface area contributed by atoms with Crippen LogP contribution in [0.3, 0.4) is 0 Å². The summed E-state index contributed by atoms with van der Waals surface area (Å²) in [6.45, 7) is 2.56. The summed E-state index contributed by atoms with van der Waals surface area (Å²) in [5, 5.41) is 5.95. The van der Waals surface area contributed by atoms with E-state index < -0.39 is 8.07 Å². The van der Waals surface area contributed by atoms with E-state index in [2.05, 4.69) is 104 Å². The molecule has 0 N–H and O–H groups in total. The second-order valence-electron chi connectivity index (χ2n) is 7.55. The first-order valence-electron chi connectivity index (χ1n) is 9.40. The van der Waals surface area contributed by atoms with Gasteiger partial charge in [0.05, 0.1) is 0 Å². The van der Waals surface area contributed by atoms with Crippen molar-refractivity contribution in [3.63, 3.8) is 0 Å². The molecule has 0 bridgehead atoms. The van der Waals surface area contributed by atoms with Gasteiger partial charge in [-0.2, -0.15) is 0 Å². The topological polar surface area (TPSA) is 0 Å². The van der Waals surface area contributed by atoms with Crippen molar-refractivity contribution in [3.05, 3.63) is 108 Å². The van der Waals surface area contributed by atoms with Crippen LogP contribution in [0.4, 0.5) is 0 Å². The normalized spacial score (nSPS) is 16.1. The number of hydrogen-bond donors (Lipinski definition) is 0. The fourth-order valence-electron chi connectivity index (χ4n) is 4.89. The second-order valence-corrected chi connectivity index (χ2v) is 11.8. The zero-order valence-electron chi connectivity index (χ0n) is 15.0. The Morgan fingerprint density at radius 3 is 1.85 bits per heavy atom. The lowest BCUT2D eigenvalue weighted by Gasteiger charge is -2.35. The molecular weight excluding hydrogens is 328 g/mol. The third-order valence-electron chi connectivity index (χ3n) is 6.27. The molecule has 1 aliphatic rings. The van der Waals surface area contributed by atoms with Crippen molar-refractivity contribution in [2.45, 2.75) is 18.5 Å². The molecule has 0 saturated carbocycles. The lowest BCUT2D eigenvalue weighted by Crippen LogP contribution is -2.60. The van der Waals surface area contributed by atoms with Crippen LogP contribution in [0.15, 0.2) is 97.1 Å². The summed E-state index contributed by atoms with van der Waals surface area (Å²) < 4.78 is 0. The van der Waals surface area contributed by atoms with Crippen molar-refractivity contribution in [1.82, 2.24) is 0 Å². The van der Waals surface area contributed by atoms with E-state index in [0.717, 1.165) is 6.42 Å². The molecule has 1 aliphatic carbocycles. The predicted molar refractivity (Wildman–Crippen MR) is 114 cm³/mol. The minimum Gasteiger partial charge on any atom is -0.0626 e. The molecule has 0 radical (unpaired) electrons. The smallest absolute Gasteiger partial charge is 0.0626 e. The fourth-order valence-corrected chi connectivity index (χ4v) is 9.29. The first kappa shape index (κ1) is 15.6. The molecule has 126 valence electrons. The van der Waals surface area contributed by atoms with Gasteiger partial charge in [-0.05, 0) is 33.9 Å². The highest BCUT2D eigenvalue weighted by Crippen LogP contribution is 2.42. The highest BCUT2D eigenvalue weighted by Gasteiger charge is 2.44. The maximum atomic E-state index is 2.56. The van der Waals surface area contributed by atoms with Crippen molar-refractivity contribution >= 4 is 29.2 Å². The molecule has 0 amide bonds. The van der Waals surface area contributed by atoms with Crippen LogP contribution in [-0.4, -0.2) is 8.07 Å². The highest BCUT2D eigenvalue weighted by atomic mass is 28.3. The van der Waals surface area contributed by atoms with Gasteiger partial charge in [-0.3, -0.25) is 0 Å². The van der Waals surface area contributed by atoms with Gasteiger partial charge in [0.1, 0.15) is 8.07 Å². The molecule has 1 heteroatoms. The summed E-state index contributed by atoms with van der Waals surface area (Å²) in [5.74, 6) is 0. The zero-order chi connectivity index (χ0) is 17.6. The fraction of sp³-hybridized carbons (Fsp3) is 0.120. The van der Waals surface area contributed by atoms with Crippen molar-refractivity contribution in [2.24, 2.45) is 0 Å². The molecule has 0 heterocycles. The number of rotatable bonds is 3. The summed E-state index contributed by atoms with van der Waals surface area (Å²) in [4.78, 5) is 0. The Morgan fingerprint density at radius 1 is 0.654 bits per heavy atom. The monoisotopic (exact) mass is 350 g/mol. The lowest BCUT2D eigenvalue weighted by atomic mass is 10.1. The zero-order valence-corrected chi connectivity index (χ0v) is 16.0. The van der Waals surface area contributed by atoms with E-state index in [1.54, 1.807) is 5.56 Å². The predicted octanol–water partition coefficient (Wildman–Crippen LogP) is 4.91. The quantitative estimate of drug-likeness (QED) is 0.461. The van der Waals surface area contributed by atoms with Crippen LogP contribution < -0.4 is 10.4 Å². The van der Waals surface area contributed by atoms with E-state index in [4.69, 9.17) is 0 Å². The minimum absolute atomic E-state index is 0.577. The van der Waals surface area contributed by atoms with Gasteiger partial charge in [0, 0.05) is 0 Å². The van der Waals surface area contributed by atoms with Crippen molar-refractivity contribution in [2.75, 3.05) is 0 Å².